The number of nitrogens with zero attached hydrogens (tertiary/aromatic N) is 2. The van der Waals surface area contributed by atoms with Gasteiger partial charge in [-0.25, -0.2) is 0 Å². The number of hydrogen-bond acceptors (Lipinski definition) is 3. The Hall–Kier alpha value is -1.81. The maximum absolute atomic E-state index is 12.8. The van der Waals surface area contributed by atoms with Crippen molar-refractivity contribution in [2.75, 3.05) is 32.7 Å². The van der Waals surface area contributed by atoms with Crippen molar-refractivity contribution in [1.82, 2.24) is 9.80 Å². The summed E-state index contributed by atoms with van der Waals surface area (Å²) in [5, 5.41) is 1.000. The molecule has 4 nitrogen and oxygen atoms in total. The van der Waals surface area contributed by atoms with Gasteiger partial charge in [-0.15, -0.1) is 0 Å². The molecule has 1 amide bonds. The van der Waals surface area contributed by atoms with Crippen molar-refractivity contribution in [2.45, 2.75) is 38.5 Å². The van der Waals surface area contributed by atoms with Gasteiger partial charge in [0.2, 0.25) is 0 Å². The number of rotatable bonds is 3. The molecule has 1 saturated carbocycles. The van der Waals surface area contributed by atoms with E-state index in [9.17, 15) is 4.79 Å². The number of para-hydroxylation sites is 1. The van der Waals surface area contributed by atoms with E-state index in [1.54, 1.807) is 0 Å². The number of carbonyl (C=O) groups is 1. The van der Waals surface area contributed by atoms with Crippen LogP contribution in [0.5, 0.6) is 0 Å². The highest BCUT2D eigenvalue weighted by Crippen LogP contribution is 2.25. The third kappa shape index (κ3) is 3.90. The molecular weight excluding hydrogens is 312 g/mol. The Morgan fingerprint density at radius 1 is 1.00 bits per heavy atom. The van der Waals surface area contributed by atoms with Crippen LogP contribution < -0.4 is 0 Å². The first-order chi connectivity index (χ1) is 12.3. The fraction of sp³-hybridized carbons (Fsp3) is 0.571. The van der Waals surface area contributed by atoms with Crippen LogP contribution >= 0.6 is 0 Å². The molecule has 4 rings (SSSR count). The largest absolute Gasteiger partial charge is 0.451 e. The van der Waals surface area contributed by atoms with Crippen molar-refractivity contribution in [3.8, 4) is 0 Å². The van der Waals surface area contributed by atoms with Gasteiger partial charge in [0.15, 0.2) is 5.76 Å². The van der Waals surface area contributed by atoms with Gasteiger partial charge in [0.25, 0.3) is 5.91 Å². The summed E-state index contributed by atoms with van der Waals surface area (Å²) in [7, 11) is 0. The maximum atomic E-state index is 12.8. The normalized spacial score (nSPS) is 20.7. The molecular formula is C21H28N2O2. The van der Waals surface area contributed by atoms with Crippen LogP contribution in [-0.4, -0.2) is 48.4 Å². The molecule has 0 N–H and O–H groups in total. The molecule has 2 aliphatic rings. The minimum atomic E-state index is 0.0377. The number of carbonyl (C=O) groups excluding carboxylic acids is 1. The molecule has 25 heavy (non-hydrogen) atoms. The highest BCUT2D eigenvalue weighted by Gasteiger charge is 2.24. The summed E-state index contributed by atoms with van der Waals surface area (Å²) in [6.45, 7) is 4.95. The van der Waals surface area contributed by atoms with Gasteiger partial charge < -0.3 is 14.2 Å². The van der Waals surface area contributed by atoms with Gasteiger partial charge >= 0.3 is 0 Å². The van der Waals surface area contributed by atoms with E-state index in [0.29, 0.717) is 5.76 Å². The predicted molar refractivity (Wildman–Crippen MR) is 99.7 cm³/mol. The molecule has 134 valence electrons. The lowest BCUT2D eigenvalue weighted by atomic mass is 9.89. The second-order valence-electron chi connectivity index (χ2n) is 7.60. The summed E-state index contributed by atoms with van der Waals surface area (Å²) in [6, 6.07) is 9.70. The third-order valence-corrected chi connectivity index (χ3v) is 5.75. The average Bonchev–Trinajstić information content (AvgIpc) is 2.95. The van der Waals surface area contributed by atoms with Crippen LogP contribution in [0.25, 0.3) is 11.0 Å². The summed E-state index contributed by atoms with van der Waals surface area (Å²) in [4.78, 5) is 17.4. The van der Waals surface area contributed by atoms with E-state index in [0.717, 1.165) is 49.5 Å². The van der Waals surface area contributed by atoms with E-state index in [-0.39, 0.29) is 5.91 Å². The lowest BCUT2D eigenvalue weighted by Crippen LogP contribution is -2.36. The van der Waals surface area contributed by atoms with Gasteiger partial charge in [-0.05, 0) is 43.9 Å². The van der Waals surface area contributed by atoms with Crippen molar-refractivity contribution in [3.05, 3.63) is 36.1 Å². The molecule has 2 fully saturated rings. The van der Waals surface area contributed by atoms with Gasteiger partial charge in [-0.3, -0.25) is 4.79 Å². The Bertz CT molecular complexity index is 685. The molecule has 4 heteroatoms. The summed E-state index contributed by atoms with van der Waals surface area (Å²) in [6.07, 6.45) is 8.04. The molecule has 0 atom stereocenters. The van der Waals surface area contributed by atoms with Crippen LogP contribution in [0.1, 0.15) is 49.1 Å². The first-order valence-electron chi connectivity index (χ1n) is 9.80. The van der Waals surface area contributed by atoms with E-state index in [1.165, 1.54) is 38.6 Å². The van der Waals surface area contributed by atoms with Crippen LogP contribution in [0.4, 0.5) is 0 Å². The quantitative estimate of drug-likeness (QED) is 0.842. The second kappa shape index (κ2) is 7.61. The zero-order valence-electron chi connectivity index (χ0n) is 15.0. The molecule has 0 unspecified atom stereocenters. The van der Waals surface area contributed by atoms with Gasteiger partial charge in [-0.2, -0.15) is 0 Å². The Balaban J connectivity index is 1.37. The maximum Gasteiger partial charge on any atom is 0.289 e. The fourth-order valence-electron chi connectivity index (χ4n) is 4.33. The van der Waals surface area contributed by atoms with Crippen LogP contribution in [0, 0.1) is 5.92 Å². The van der Waals surface area contributed by atoms with E-state index in [2.05, 4.69) is 4.90 Å². The summed E-state index contributed by atoms with van der Waals surface area (Å²) >= 11 is 0. The van der Waals surface area contributed by atoms with Crippen LogP contribution in [0.3, 0.4) is 0 Å². The first kappa shape index (κ1) is 16.6. The first-order valence-corrected chi connectivity index (χ1v) is 9.80. The van der Waals surface area contributed by atoms with Crippen LogP contribution in [0.15, 0.2) is 34.7 Å². The predicted octanol–water partition coefficient (Wildman–Crippen LogP) is 4.16. The molecule has 0 radical (unpaired) electrons. The van der Waals surface area contributed by atoms with Gasteiger partial charge in [0, 0.05) is 31.6 Å². The highest BCUT2D eigenvalue weighted by atomic mass is 16.3. The number of furan rings is 1. The minimum Gasteiger partial charge on any atom is -0.451 e. The van der Waals surface area contributed by atoms with E-state index in [4.69, 9.17) is 4.42 Å². The minimum absolute atomic E-state index is 0.0377. The molecule has 0 spiro atoms. The number of benzene rings is 1. The van der Waals surface area contributed by atoms with Crippen molar-refractivity contribution in [3.63, 3.8) is 0 Å². The van der Waals surface area contributed by atoms with Crippen molar-refractivity contribution in [2.24, 2.45) is 5.92 Å². The Kier molecular flexibility index (Phi) is 5.07. The monoisotopic (exact) mass is 340 g/mol. The van der Waals surface area contributed by atoms with E-state index >= 15 is 0 Å². The second-order valence-corrected chi connectivity index (χ2v) is 7.60. The molecule has 1 aromatic carbocycles. The molecule has 0 bridgehead atoms. The van der Waals surface area contributed by atoms with Crippen molar-refractivity contribution >= 4 is 16.9 Å². The summed E-state index contributed by atoms with van der Waals surface area (Å²) in [5.41, 5.74) is 0.791. The topological polar surface area (TPSA) is 36.7 Å². The lowest BCUT2D eigenvalue weighted by molar-refractivity contribution is 0.0730. The summed E-state index contributed by atoms with van der Waals surface area (Å²) < 4.78 is 5.77. The van der Waals surface area contributed by atoms with Gasteiger partial charge in [-0.1, -0.05) is 37.5 Å². The van der Waals surface area contributed by atoms with E-state index in [1.807, 2.05) is 35.2 Å². The number of amides is 1. The number of fused-ring (bicyclic) bond motifs is 1. The van der Waals surface area contributed by atoms with Crippen molar-refractivity contribution in [1.29, 1.82) is 0 Å². The van der Waals surface area contributed by atoms with Crippen LogP contribution in [0.2, 0.25) is 0 Å². The van der Waals surface area contributed by atoms with Gasteiger partial charge in [0.05, 0.1) is 0 Å². The standard InChI is InChI=1S/C21H28N2O2/c24-21(20-15-18-9-4-5-10-19(18)25-20)23-12-6-11-22(13-14-23)16-17-7-2-1-3-8-17/h4-5,9-10,15,17H,1-3,6-8,11-14,16H2. The Morgan fingerprint density at radius 2 is 1.84 bits per heavy atom. The Labute approximate surface area is 149 Å². The smallest absolute Gasteiger partial charge is 0.289 e. The summed E-state index contributed by atoms with van der Waals surface area (Å²) in [5.74, 6) is 1.38. The molecule has 1 aromatic heterocycles. The fourth-order valence-corrected chi connectivity index (χ4v) is 4.33. The van der Waals surface area contributed by atoms with Crippen LogP contribution in [-0.2, 0) is 0 Å². The molecule has 2 aromatic rings. The molecule has 2 heterocycles. The SMILES string of the molecule is O=C(c1cc2ccccc2o1)N1CCCN(CC2CCCCC2)CC1. The van der Waals surface area contributed by atoms with Gasteiger partial charge in [0.1, 0.15) is 5.58 Å². The molecule has 1 aliphatic carbocycles. The van der Waals surface area contributed by atoms with E-state index < -0.39 is 0 Å². The Morgan fingerprint density at radius 3 is 2.68 bits per heavy atom. The number of hydrogen-bond donors (Lipinski definition) is 0. The third-order valence-electron chi connectivity index (χ3n) is 5.75. The zero-order chi connectivity index (χ0) is 17.1. The average molecular weight is 340 g/mol. The molecule has 1 aliphatic heterocycles. The van der Waals surface area contributed by atoms with Crippen molar-refractivity contribution < 1.29 is 9.21 Å². The lowest BCUT2D eigenvalue weighted by Gasteiger charge is -2.28. The molecule has 1 saturated heterocycles. The zero-order valence-corrected chi connectivity index (χ0v) is 15.0. The highest BCUT2D eigenvalue weighted by molar-refractivity contribution is 5.96.